The van der Waals surface area contributed by atoms with Crippen molar-refractivity contribution < 1.29 is 4.79 Å². The highest BCUT2D eigenvalue weighted by Crippen LogP contribution is 2.24. The van der Waals surface area contributed by atoms with Crippen molar-refractivity contribution in [3.8, 4) is 0 Å². The number of rotatable bonds is 3. The summed E-state index contributed by atoms with van der Waals surface area (Å²) in [5.41, 5.74) is 12.3. The van der Waals surface area contributed by atoms with Crippen LogP contribution in [0.15, 0.2) is 23.3 Å². The summed E-state index contributed by atoms with van der Waals surface area (Å²) in [5, 5.41) is 4.22. The highest BCUT2D eigenvalue weighted by atomic mass is 32.1. The Labute approximate surface area is 118 Å². The van der Waals surface area contributed by atoms with Gasteiger partial charge in [-0.3, -0.25) is 4.79 Å². The van der Waals surface area contributed by atoms with Crippen LogP contribution < -0.4 is 11.2 Å². The van der Waals surface area contributed by atoms with Crippen LogP contribution in [0.4, 0.5) is 5.69 Å². The van der Waals surface area contributed by atoms with Crippen molar-refractivity contribution in [1.29, 1.82) is 0 Å². The molecule has 19 heavy (non-hydrogen) atoms. The molecule has 1 amide bonds. The third kappa shape index (κ3) is 3.73. The van der Waals surface area contributed by atoms with Crippen molar-refractivity contribution in [2.45, 2.75) is 37.9 Å². The molecule has 4 nitrogen and oxygen atoms in total. The normalized spacial score (nSPS) is 16.5. The van der Waals surface area contributed by atoms with Gasteiger partial charge in [-0.15, -0.1) is 0 Å². The van der Waals surface area contributed by atoms with Gasteiger partial charge in [0, 0.05) is 22.4 Å². The number of carbonyl (C=O) groups is 1. The molecule has 0 spiro atoms. The number of anilines is 1. The number of hydrogen-bond acceptors (Lipinski definition) is 4. The number of thiol groups is 1. The van der Waals surface area contributed by atoms with E-state index in [1.165, 1.54) is 5.56 Å². The molecule has 0 atom stereocenters. The van der Waals surface area contributed by atoms with Crippen LogP contribution in [0.25, 0.3) is 0 Å². The summed E-state index contributed by atoms with van der Waals surface area (Å²) in [4.78, 5) is 11.7. The molecule has 0 aromatic heterocycles. The second kappa shape index (κ2) is 5.25. The van der Waals surface area contributed by atoms with Crippen LogP contribution in [0.5, 0.6) is 0 Å². The lowest BCUT2D eigenvalue weighted by atomic mass is 10.1. The van der Waals surface area contributed by atoms with E-state index in [-0.39, 0.29) is 10.7 Å². The van der Waals surface area contributed by atoms with Gasteiger partial charge in [-0.2, -0.15) is 17.7 Å². The molecule has 5 heteroatoms. The first-order chi connectivity index (χ1) is 8.85. The fourth-order valence-electron chi connectivity index (χ4n) is 2.17. The van der Waals surface area contributed by atoms with Gasteiger partial charge in [0.25, 0.3) is 0 Å². The topological polar surface area (TPSA) is 67.5 Å². The maximum Gasteiger partial charge on any atom is 0.241 e. The smallest absolute Gasteiger partial charge is 0.241 e. The van der Waals surface area contributed by atoms with E-state index in [9.17, 15) is 4.79 Å². The third-order valence-electron chi connectivity index (χ3n) is 2.98. The van der Waals surface area contributed by atoms with E-state index in [0.717, 1.165) is 29.8 Å². The average Bonchev–Trinajstić information content (AvgIpc) is 2.66. The van der Waals surface area contributed by atoms with Gasteiger partial charge in [0.15, 0.2) is 0 Å². The molecule has 0 unspecified atom stereocenters. The number of carbonyl (C=O) groups excluding carboxylic acids is 1. The second-order valence-electron chi connectivity index (χ2n) is 5.50. The molecule has 0 radical (unpaired) electrons. The lowest BCUT2D eigenvalue weighted by molar-refractivity contribution is -0.121. The zero-order valence-corrected chi connectivity index (χ0v) is 12.1. The summed E-state index contributed by atoms with van der Waals surface area (Å²) in [6.45, 7) is 3.80. The number of nitrogens with one attached hydrogen (secondary N) is 1. The average molecular weight is 277 g/mol. The summed E-state index contributed by atoms with van der Waals surface area (Å²) in [6.07, 6.45) is 2.10. The highest BCUT2D eigenvalue weighted by Gasteiger charge is 2.19. The van der Waals surface area contributed by atoms with Gasteiger partial charge in [0.1, 0.15) is 0 Å². The van der Waals surface area contributed by atoms with E-state index in [1.54, 1.807) is 0 Å². The number of nitrogens with two attached hydrogens (primary N) is 1. The molecule has 1 aliphatic carbocycles. The van der Waals surface area contributed by atoms with Gasteiger partial charge in [0.05, 0.1) is 5.71 Å². The van der Waals surface area contributed by atoms with E-state index in [2.05, 4.69) is 23.2 Å². The number of hydrogen-bond donors (Lipinski definition) is 3. The van der Waals surface area contributed by atoms with E-state index in [1.807, 2.05) is 32.0 Å². The Morgan fingerprint density at radius 3 is 2.89 bits per heavy atom. The number of benzene rings is 1. The minimum atomic E-state index is -0.327. The third-order valence-corrected chi connectivity index (χ3v) is 3.14. The maximum atomic E-state index is 11.7. The van der Waals surface area contributed by atoms with Gasteiger partial charge >= 0.3 is 0 Å². The summed E-state index contributed by atoms with van der Waals surface area (Å²) < 4.78 is -0.327. The van der Waals surface area contributed by atoms with Crippen molar-refractivity contribution in [2.75, 3.05) is 5.73 Å². The molecule has 1 aromatic carbocycles. The first-order valence-electron chi connectivity index (χ1n) is 6.32. The number of aryl methyl sites for hydroxylation is 1. The molecule has 2 rings (SSSR count). The van der Waals surface area contributed by atoms with Crippen LogP contribution in [0.1, 0.15) is 37.8 Å². The number of amides is 1. The first kappa shape index (κ1) is 13.9. The molecular formula is C14H19N3OS. The van der Waals surface area contributed by atoms with E-state index in [4.69, 9.17) is 5.73 Å². The van der Waals surface area contributed by atoms with Gasteiger partial charge in [0.2, 0.25) is 5.91 Å². The van der Waals surface area contributed by atoms with Crippen LogP contribution in [0.3, 0.4) is 0 Å². The lowest BCUT2D eigenvalue weighted by Gasteiger charge is -2.15. The minimum absolute atomic E-state index is 0.114. The fraction of sp³-hybridized carbons (Fsp3) is 0.429. The van der Waals surface area contributed by atoms with Crippen LogP contribution in [0, 0.1) is 0 Å². The van der Waals surface area contributed by atoms with Gasteiger partial charge < -0.3 is 5.73 Å². The molecule has 1 aromatic rings. The van der Waals surface area contributed by atoms with Gasteiger partial charge in [-0.1, -0.05) is 19.9 Å². The molecule has 0 heterocycles. The van der Waals surface area contributed by atoms with E-state index < -0.39 is 0 Å². The standard InChI is InChI=1S/C14H19N3OS/c1-14(2,19)8-13(18)17-16-12-6-3-9-7-10(15)4-5-11(9)12/h4-5,7,19H,3,6,8,15H2,1-2H3,(H,17,18)/b16-12+. The van der Waals surface area contributed by atoms with Crippen molar-refractivity contribution in [2.24, 2.45) is 5.10 Å². The van der Waals surface area contributed by atoms with E-state index >= 15 is 0 Å². The Bertz CT molecular complexity index is 532. The number of nitrogen functional groups attached to an aromatic ring is 1. The van der Waals surface area contributed by atoms with E-state index in [0.29, 0.717) is 6.42 Å². The molecule has 0 bridgehead atoms. The van der Waals surface area contributed by atoms with Crippen molar-refractivity contribution in [3.05, 3.63) is 29.3 Å². The molecule has 1 aliphatic rings. The molecule has 0 saturated heterocycles. The van der Waals surface area contributed by atoms with Gasteiger partial charge in [-0.05, 0) is 30.5 Å². The zero-order chi connectivity index (χ0) is 14.0. The summed E-state index contributed by atoms with van der Waals surface area (Å²) in [6, 6.07) is 5.79. The minimum Gasteiger partial charge on any atom is -0.399 e. The molecule has 0 aliphatic heterocycles. The zero-order valence-electron chi connectivity index (χ0n) is 11.2. The Kier molecular flexibility index (Phi) is 3.85. The number of nitrogens with zero attached hydrogens (tertiary/aromatic N) is 1. The van der Waals surface area contributed by atoms with Crippen molar-refractivity contribution in [3.63, 3.8) is 0 Å². The Morgan fingerprint density at radius 1 is 1.47 bits per heavy atom. The summed E-state index contributed by atoms with van der Waals surface area (Å²) in [7, 11) is 0. The molecule has 0 saturated carbocycles. The number of hydrazone groups is 1. The quantitative estimate of drug-likeness (QED) is 0.450. The monoisotopic (exact) mass is 277 g/mol. The Balaban J connectivity index is 2.05. The van der Waals surface area contributed by atoms with Crippen LogP contribution >= 0.6 is 12.6 Å². The molecule has 0 fully saturated rings. The molecule has 3 N–H and O–H groups in total. The summed E-state index contributed by atoms with van der Waals surface area (Å²) in [5.74, 6) is -0.114. The molecular weight excluding hydrogens is 258 g/mol. The predicted octanol–water partition coefficient (Wildman–Crippen LogP) is 2.13. The summed E-state index contributed by atoms with van der Waals surface area (Å²) >= 11 is 4.33. The largest absolute Gasteiger partial charge is 0.399 e. The van der Waals surface area contributed by atoms with Crippen LogP contribution in [0.2, 0.25) is 0 Å². The Hall–Kier alpha value is -1.49. The Morgan fingerprint density at radius 2 is 2.21 bits per heavy atom. The predicted molar refractivity (Wildman–Crippen MR) is 81.5 cm³/mol. The fourth-order valence-corrected chi connectivity index (χ4v) is 2.31. The number of fused-ring (bicyclic) bond motifs is 1. The lowest BCUT2D eigenvalue weighted by Crippen LogP contribution is -2.26. The van der Waals surface area contributed by atoms with Crippen LogP contribution in [-0.2, 0) is 11.2 Å². The second-order valence-corrected chi connectivity index (χ2v) is 6.71. The molecule has 102 valence electrons. The van der Waals surface area contributed by atoms with Crippen LogP contribution in [-0.4, -0.2) is 16.4 Å². The first-order valence-corrected chi connectivity index (χ1v) is 6.76. The maximum absolute atomic E-state index is 11.7. The van der Waals surface area contributed by atoms with Gasteiger partial charge in [-0.25, -0.2) is 5.43 Å². The van der Waals surface area contributed by atoms with Crippen molar-refractivity contribution >= 4 is 29.9 Å². The highest BCUT2D eigenvalue weighted by molar-refractivity contribution is 7.81. The SMILES string of the molecule is CC(C)(S)CC(=O)N/N=C1\CCc2cc(N)ccc21. The van der Waals surface area contributed by atoms with Crippen molar-refractivity contribution in [1.82, 2.24) is 5.43 Å².